The monoisotopic (exact) mass is 314 g/mol. The second-order valence-electron chi connectivity index (χ2n) is 4.62. The first kappa shape index (κ1) is 14.5. The van der Waals surface area contributed by atoms with Gasteiger partial charge >= 0.3 is 0 Å². The minimum atomic E-state index is -0.981. The third-order valence-electron chi connectivity index (χ3n) is 0.750. The summed E-state index contributed by atoms with van der Waals surface area (Å²) >= 11 is 0. The third kappa shape index (κ3) is 12.6. The molecule has 0 unspecified atom stereocenters. The van der Waals surface area contributed by atoms with Crippen LogP contribution in [0.4, 0.5) is 0 Å². The summed E-state index contributed by atoms with van der Waals surface area (Å²) in [5, 5.41) is 0. The molecule has 1 N–H and O–H groups in total. The van der Waals surface area contributed by atoms with Gasteiger partial charge in [-0.1, -0.05) is 39.3 Å². The molecule has 10 heavy (non-hydrogen) atoms. The van der Waals surface area contributed by atoms with Crippen molar-refractivity contribution < 1.29 is 49.4 Å². The molecule has 0 fully saturated rings. The average Bonchev–Trinajstić information content (AvgIpc) is 1.14. The van der Waals surface area contributed by atoms with Crippen LogP contribution in [-0.4, -0.2) is 16.5 Å². The van der Waals surface area contributed by atoms with Crippen LogP contribution < -0.4 is 4.65 Å². The van der Waals surface area contributed by atoms with E-state index in [1.165, 1.54) is 0 Å². The van der Waals surface area contributed by atoms with Gasteiger partial charge in [0, 0.05) is 49.4 Å². The molecular formula is C6H19EuNSi2. The van der Waals surface area contributed by atoms with Crippen LogP contribution in [0.2, 0.25) is 39.3 Å². The summed E-state index contributed by atoms with van der Waals surface area (Å²) in [5.41, 5.74) is 0. The van der Waals surface area contributed by atoms with Crippen molar-refractivity contribution in [2.45, 2.75) is 39.3 Å². The Labute approximate surface area is 108 Å². The zero-order chi connectivity index (χ0) is 7.71. The zero-order valence-electron chi connectivity index (χ0n) is 7.88. The number of hydrogen-bond donors (Lipinski definition) is 1. The second kappa shape index (κ2) is 4.87. The minimum Gasteiger partial charge on any atom is -0.360 e. The fourth-order valence-electron chi connectivity index (χ4n) is 1.12. The Morgan fingerprint density at radius 3 is 0.900 bits per heavy atom. The van der Waals surface area contributed by atoms with E-state index in [1.807, 2.05) is 0 Å². The summed E-state index contributed by atoms with van der Waals surface area (Å²) in [7, 11) is -1.96. The van der Waals surface area contributed by atoms with Gasteiger partial charge in [-0.3, -0.25) is 0 Å². The van der Waals surface area contributed by atoms with Gasteiger partial charge in [0.2, 0.25) is 0 Å². The van der Waals surface area contributed by atoms with Crippen LogP contribution in [0.3, 0.4) is 0 Å². The standard InChI is InChI=1S/C6H19NSi2.Eu/c1-8(2,3)7-9(4,5)6;/h7H,1-6H3;. The molecule has 0 amide bonds. The fraction of sp³-hybridized carbons (Fsp3) is 1.00. The molecule has 0 bridgehead atoms. The van der Waals surface area contributed by atoms with Crippen LogP contribution in [0, 0.1) is 49.4 Å². The number of rotatable bonds is 2. The van der Waals surface area contributed by atoms with Gasteiger partial charge < -0.3 is 4.65 Å². The Hall–Kier alpha value is 1.98. The molecule has 0 aliphatic rings. The Balaban J connectivity index is 0. The van der Waals surface area contributed by atoms with Crippen LogP contribution in [0.25, 0.3) is 0 Å². The SMILES string of the molecule is C[Si](C)(C)N[Si](C)(C)C.[Eu]. The molecule has 0 saturated heterocycles. The Bertz CT molecular complexity index is 80.9. The van der Waals surface area contributed by atoms with E-state index in [1.54, 1.807) is 0 Å². The normalized spacial score (nSPS) is 12.6. The molecule has 1 nitrogen and oxygen atoms in total. The zero-order valence-corrected chi connectivity index (χ0v) is 12.3. The van der Waals surface area contributed by atoms with Gasteiger partial charge in [0.05, 0.1) is 0 Å². The smallest absolute Gasteiger partial charge is 0.109 e. The predicted octanol–water partition coefficient (Wildman–Crippen LogP) is 2.25. The quantitative estimate of drug-likeness (QED) is 0.771. The summed E-state index contributed by atoms with van der Waals surface area (Å²) in [4.78, 5) is 0. The van der Waals surface area contributed by atoms with Gasteiger partial charge in [0.1, 0.15) is 16.5 Å². The Morgan fingerprint density at radius 1 is 0.700 bits per heavy atom. The fourth-order valence-corrected chi connectivity index (χ4v) is 10.1. The van der Waals surface area contributed by atoms with E-state index in [2.05, 4.69) is 43.9 Å². The number of nitrogens with one attached hydrogen (secondary N) is 1. The summed E-state index contributed by atoms with van der Waals surface area (Å²) in [6.45, 7) is 14.1. The average molecular weight is 313 g/mol. The first-order chi connectivity index (χ1) is 3.71. The molecule has 0 rings (SSSR count). The molecule has 4 heteroatoms. The van der Waals surface area contributed by atoms with Crippen molar-refractivity contribution in [3.05, 3.63) is 0 Å². The van der Waals surface area contributed by atoms with Gasteiger partial charge in [0.25, 0.3) is 0 Å². The van der Waals surface area contributed by atoms with E-state index in [9.17, 15) is 0 Å². The molecule has 63 valence electrons. The Kier molecular flexibility index (Phi) is 7.06. The Morgan fingerprint density at radius 2 is 0.900 bits per heavy atom. The van der Waals surface area contributed by atoms with Gasteiger partial charge in [-0.05, 0) is 0 Å². The second-order valence-corrected chi connectivity index (χ2v) is 14.6. The number of hydrogen-bond acceptors (Lipinski definition) is 1. The molecule has 0 aliphatic heterocycles. The third-order valence-corrected chi connectivity index (χ3v) is 6.75. The summed E-state index contributed by atoms with van der Waals surface area (Å²) < 4.78 is 3.74. The van der Waals surface area contributed by atoms with Crippen molar-refractivity contribution in [3.63, 3.8) is 0 Å². The predicted molar refractivity (Wildman–Crippen MR) is 49.8 cm³/mol. The molecule has 0 aromatic heterocycles. The van der Waals surface area contributed by atoms with E-state index in [0.29, 0.717) is 0 Å². The maximum atomic E-state index is 3.74. The van der Waals surface area contributed by atoms with Crippen molar-refractivity contribution in [2.75, 3.05) is 0 Å². The molecule has 0 aliphatic carbocycles. The molecular weight excluding hydrogens is 294 g/mol. The van der Waals surface area contributed by atoms with E-state index in [-0.39, 0.29) is 49.4 Å². The van der Waals surface area contributed by atoms with Gasteiger partial charge in [0.15, 0.2) is 0 Å². The molecule has 0 saturated carbocycles. The van der Waals surface area contributed by atoms with Gasteiger partial charge in [-0.2, -0.15) is 0 Å². The van der Waals surface area contributed by atoms with Crippen molar-refractivity contribution in [1.29, 1.82) is 0 Å². The first-order valence-corrected chi connectivity index (χ1v) is 10.5. The molecule has 0 aromatic carbocycles. The molecule has 0 heterocycles. The first-order valence-electron chi connectivity index (χ1n) is 3.50. The molecule has 1 radical (unpaired) electrons. The van der Waals surface area contributed by atoms with Crippen molar-refractivity contribution in [1.82, 2.24) is 4.65 Å². The van der Waals surface area contributed by atoms with Crippen LogP contribution in [0.5, 0.6) is 0 Å². The largest absolute Gasteiger partial charge is 0.360 e. The van der Waals surface area contributed by atoms with Crippen molar-refractivity contribution in [2.24, 2.45) is 0 Å². The van der Waals surface area contributed by atoms with E-state index < -0.39 is 16.5 Å². The van der Waals surface area contributed by atoms with E-state index >= 15 is 0 Å². The minimum absolute atomic E-state index is 0. The van der Waals surface area contributed by atoms with Crippen LogP contribution >= 0.6 is 0 Å². The van der Waals surface area contributed by atoms with Crippen LogP contribution in [0.15, 0.2) is 0 Å². The topological polar surface area (TPSA) is 12.0 Å². The van der Waals surface area contributed by atoms with Gasteiger partial charge in [-0.25, -0.2) is 0 Å². The van der Waals surface area contributed by atoms with Crippen LogP contribution in [-0.2, 0) is 0 Å². The van der Waals surface area contributed by atoms with Crippen molar-refractivity contribution >= 4 is 16.5 Å². The summed E-state index contributed by atoms with van der Waals surface area (Å²) in [6, 6.07) is 0. The summed E-state index contributed by atoms with van der Waals surface area (Å²) in [6.07, 6.45) is 0. The van der Waals surface area contributed by atoms with Gasteiger partial charge in [-0.15, -0.1) is 0 Å². The maximum absolute atomic E-state index is 3.74. The summed E-state index contributed by atoms with van der Waals surface area (Å²) in [5.74, 6) is 0. The molecule has 0 spiro atoms. The van der Waals surface area contributed by atoms with E-state index in [4.69, 9.17) is 0 Å². The molecule has 0 aromatic rings. The molecule has 0 atom stereocenters. The van der Waals surface area contributed by atoms with E-state index in [0.717, 1.165) is 0 Å². The van der Waals surface area contributed by atoms with Crippen molar-refractivity contribution in [3.8, 4) is 0 Å². The van der Waals surface area contributed by atoms with Crippen LogP contribution in [0.1, 0.15) is 0 Å². The maximum Gasteiger partial charge on any atom is 0.109 e.